The summed E-state index contributed by atoms with van der Waals surface area (Å²) in [6, 6.07) is 1.39. The SMILES string of the molecule is CNC1CCC(C(C)(C)C)CC1N1CCC(OC)CC1. The number of nitrogens with one attached hydrogen (secondary N) is 1. The Hall–Kier alpha value is -0.120. The molecule has 2 rings (SSSR count). The van der Waals surface area contributed by atoms with Crippen LogP contribution in [-0.4, -0.2) is 50.3 Å². The predicted molar refractivity (Wildman–Crippen MR) is 85.0 cm³/mol. The van der Waals surface area contributed by atoms with Crippen LogP contribution in [0.4, 0.5) is 0 Å². The van der Waals surface area contributed by atoms with E-state index < -0.39 is 0 Å². The van der Waals surface area contributed by atoms with Gasteiger partial charge in [-0.05, 0) is 50.5 Å². The highest BCUT2D eigenvalue weighted by molar-refractivity contribution is 4.94. The fourth-order valence-electron chi connectivity index (χ4n) is 4.12. The van der Waals surface area contributed by atoms with Crippen LogP contribution in [0.5, 0.6) is 0 Å². The van der Waals surface area contributed by atoms with E-state index in [4.69, 9.17) is 4.74 Å². The van der Waals surface area contributed by atoms with E-state index in [1.165, 1.54) is 45.2 Å². The van der Waals surface area contributed by atoms with Gasteiger partial charge in [0.05, 0.1) is 6.10 Å². The molecular formula is C17H34N2O. The lowest BCUT2D eigenvalue weighted by molar-refractivity contribution is -0.000986. The third-order valence-corrected chi connectivity index (χ3v) is 5.69. The number of hydrogen-bond donors (Lipinski definition) is 1. The predicted octanol–water partition coefficient (Wildman–Crippen LogP) is 2.90. The maximum absolute atomic E-state index is 5.51. The molecule has 3 unspecified atom stereocenters. The Morgan fingerprint density at radius 1 is 1.05 bits per heavy atom. The Balaban J connectivity index is 1.99. The summed E-state index contributed by atoms with van der Waals surface area (Å²) in [6.45, 7) is 9.64. The smallest absolute Gasteiger partial charge is 0.0595 e. The first-order valence-corrected chi connectivity index (χ1v) is 8.39. The van der Waals surface area contributed by atoms with E-state index in [1.54, 1.807) is 0 Å². The Kier molecular flexibility index (Phi) is 5.49. The highest BCUT2D eigenvalue weighted by Crippen LogP contribution is 2.39. The molecule has 1 saturated heterocycles. The molecule has 1 aliphatic carbocycles. The molecule has 1 N–H and O–H groups in total. The summed E-state index contributed by atoms with van der Waals surface area (Å²) in [5, 5.41) is 3.58. The second kappa shape index (κ2) is 6.76. The van der Waals surface area contributed by atoms with Gasteiger partial charge in [-0.15, -0.1) is 0 Å². The van der Waals surface area contributed by atoms with Gasteiger partial charge in [0.2, 0.25) is 0 Å². The lowest BCUT2D eigenvalue weighted by Crippen LogP contribution is -2.55. The number of ether oxygens (including phenoxy) is 1. The summed E-state index contributed by atoms with van der Waals surface area (Å²) in [6.07, 6.45) is 6.94. The van der Waals surface area contributed by atoms with E-state index in [9.17, 15) is 0 Å². The average Bonchev–Trinajstić information content (AvgIpc) is 2.45. The van der Waals surface area contributed by atoms with Crippen molar-refractivity contribution in [2.45, 2.75) is 71.1 Å². The minimum atomic E-state index is 0.446. The van der Waals surface area contributed by atoms with Crippen LogP contribution in [0.25, 0.3) is 0 Å². The molecule has 20 heavy (non-hydrogen) atoms. The molecule has 3 heteroatoms. The second-order valence-corrected chi connectivity index (χ2v) is 7.81. The molecule has 0 aromatic carbocycles. The summed E-state index contributed by atoms with van der Waals surface area (Å²) in [5.41, 5.74) is 0.446. The zero-order valence-electron chi connectivity index (χ0n) is 14.1. The zero-order valence-corrected chi connectivity index (χ0v) is 14.1. The summed E-state index contributed by atoms with van der Waals surface area (Å²) in [4.78, 5) is 2.73. The third-order valence-electron chi connectivity index (χ3n) is 5.69. The van der Waals surface area contributed by atoms with Crippen LogP contribution in [-0.2, 0) is 4.74 Å². The molecule has 118 valence electrons. The molecule has 1 heterocycles. The molecule has 1 aliphatic heterocycles. The molecule has 0 aromatic heterocycles. The van der Waals surface area contributed by atoms with Crippen LogP contribution < -0.4 is 5.32 Å². The van der Waals surface area contributed by atoms with Gasteiger partial charge in [0.15, 0.2) is 0 Å². The Labute approximate surface area is 125 Å². The largest absolute Gasteiger partial charge is 0.381 e. The summed E-state index contributed by atoms with van der Waals surface area (Å²) < 4.78 is 5.51. The lowest BCUT2D eigenvalue weighted by atomic mass is 9.69. The second-order valence-electron chi connectivity index (χ2n) is 7.81. The van der Waals surface area contributed by atoms with Crippen molar-refractivity contribution in [1.82, 2.24) is 10.2 Å². The Morgan fingerprint density at radius 2 is 1.70 bits per heavy atom. The molecule has 3 atom stereocenters. The van der Waals surface area contributed by atoms with Crippen LogP contribution in [0.15, 0.2) is 0 Å². The molecule has 0 aromatic rings. The zero-order chi connectivity index (χ0) is 14.8. The van der Waals surface area contributed by atoms with Crippen LogP contribution >= 0.6 is 0 Å². The minimum Gasteiger partial charge on any atom is -0.381 e. The van der Waals surface area contributed by atoms with Crippen molar-refractivity contribution in [3.63, 3.8) is 0 Å². The van der Waals surface area contributed by atoms with Crippen molar-refractivity contribution in [2.24, 2.45) is 11.3 Å². The normalized spacial score (nSPS) is 34.4. The van der Waals surface area contributed by atoms with E-state index in [-0.39, 0.29) is 0 Å². The number of piperidine rings is 1. The van der Waals surface area contributed by atoms with Crippen molar-refractivity contribution in [1.29, 1.82) is 0 Å². The molecule has 2 aliphatic rings. The van der Waals surface area contributed by atoms with Gasteiger partial charge < -0.3 is 10.1 Å². The topological polar surface area (TPSA) is 24.5 Å². The first-order chi connectivity index (χ1) is 9.45. The Bertz CT molecular complexity index is 292. The van der Waals surface area contributed by atoms with Crippen molar-refractivity contribution in [3.05, 3.63) is 0 Å². The maximum Gasteiger partial charge on any atom is 0.0595 e. The van der Waals surface area contributed by atoms with Gasteiger partial charge in [-0.1, -0.05) is 20.8 Å². The molecule has 1 saturated carbocycles. The fourth-order valence-corrected chi connectivity index (χ4v) is 4.12. The van der Waals surface area contributed by atoms with Crippen LogP contribution in [0.3, 0.4) is 0 Å². The minimum absolute atomic E-state index is 0.446. The molecule has 3 nitrogen and oxygen atoms in total. The number of likely N-dealkylation sites (N-methyl/N-ethyl adjacent to an activating group) is 1. The number of nitrogens with zero attached hydrogens (tertiary/aromatic N) is 1. The van der Waals surface area contributed by atoms with Gasteiger partial charge in [0.1, 0.15) is 0 Å². The molecule has 2 fully saturated rings. The molecule has 0 radical (unpaired) electrons. The van der Waals surface area contributed by atoms with Gasteiger partial charge in [0.25, 0.3) is 0 Å². The van der Waals surface area contributed by atoms with Crippen molar-refractivity contribution < 1.29 is 4.74 Å². The van der Waals surface area contributed by atoms with Crippen molar-refractivity contribution in [2.75, 3.05) is 27.2 Å². The molecular weight excluding hydrogens is 248 g/mol. The third kappa shape index (κ3) is 3.75. The van der Waals surface area contributed by atoms with E-state index >= 15 is 0 Å². The maximum atomic E-state index is 5.51. The van der Waals surface area contributed by atoms with E-state index in [0.717, 1.165) is 12.0 Å². The number of rotatable bonds is 3. The van der Waals surface area contributed by atoms with Crippen LogP contribution in [0.1, 0.15) is 52.9 Å². The van der Waals surface area contributed by atoms with Gasteiger partial charge in [-0.2, -0.15) is 0 Å². The van der Waals surface area contributed by atoms with Crippen LogP contribution in [0.2, 0.25) is 0 Å². The van der Waals surface area contributed by atoms with Gasteiger partial charge in [-0.25, -0.2) is 0 Å². The van der Waals surface area contributed by atoms with Crippen molar-refractivity contribution >= 4 is 0 Å². The number of likely N-dealkylation sites (tertiary alicyclic amines) is 1. The summed E-state index contributed by atoms with van der Waals surface area (Å²) in [5.74, 6) is 0.859. The Morgan fingerprint density at radius 3 is 2.20 bits per heavy atom. The highest BCUT2D eigenvalue weighted by atomic mass is 16.5. The standard InChI is InChI=1S/C17H34N2O/c1-17(2,3)13-6-7-15(18-4)16(12-13)19-10-8-14(20-5)9-11-19/h13-16,18H,6-12H2,1-5H3. The highest BCUT2D eigenvalue weighted by Gasteiger charge is 2.38. The van der Waals surface area contributed by atoms with Crippen LogP contribution in [0, 0.1) is 11.3 Å². The quantitative estimate of drug-likeness (QED) is 0.861. The van der Waals surface area contributed by atoms with E-state index in [2.05, 4.69) is 38.0 Å². The number of hydrogen-bond acceptors (Lipinski definition) is 3. The van der Waals surface area contributed by atoms with Gasteiger partial charge in [0, 0.05) is 32.3 Å². The van der Waals surface area contributed by atoms with E-state index in [1.807, 2.05) is 7.11 Å². The summed E-state index contributed by atoms with van der Waals surface area (Å²) in [7, 11) is 3.99. The first kappa shape index (κ1) is 16.3. The lowest BCUT2D eigenvalue weighted by Gasteiger charge is -2.48. The average molecular weight is 282 g/mol. The van der Waals surface area contributed by atoms with Crippen molar-refractivity contribution in [3.8, 4) is 0 Å². The fraction of sp³-hybridized carbons (Fsp3) is 1.00. The number of methoxy groups -OCH3 is 1. The van der Waals surface area contributed by atoms with Gasteiger partial charge in [-0.3, -0.25) is 4.90 Å². The monoisotopic (exact) mass is 282 g/mol. The van der Waals surface area contributed by atoms with Gasteiger partial charge >= 0.3 is 0 Å². The molecule has 0 spiro atoms. The summed E-state index contributed by atoms with van der Waals surface area (Å²) >= 11 is 0. The first-order valence-electron chi connectivity index (χ1n) is 8.39. The molecule has 0 amide bonds. The molecule has 0 bridgehead atoms. The van der Waals surface area contributed by atoms with E-state index in [0.29, 0.717) is 17.6 Å².